The van der Waals surface area contributed by atoms with E-state index in [-0.39, 0.29) is 11.9 Å². The Labute approximate surface area is 136 Å². The van der Waals surface area contributed by atoms with Crippen LogP contribution in [0, 0.1) is 6.92 Å². The highest BCUT2D eigenvalue weighted by molar-refractivity contribution is 9.10. The van der Waals surface area contributed by atoms with Crippen molar-refractivity contribution in [3.63, 3.8) is 0 Å². The normalized spacial score (nSPS) is 18.8. The lowest BCUT2D eigenvalue weighted by Crippen LogP contribution is -2.48. The molecule has 1 fully saturated rings. The minimum atomic E-state index is 0.135. The summed E-state index contributed by atoms with van der Waals surface area (Å²) in [4.78, 5) is 14.9. The molecule has 116 valence electrons. The van der Waals surface area contributed by atoms with Crippen LogP contribution < -0.4 is 5.32 Å². The molecule has 0 aromatic heterocycles. The molecule has 2 rings (SSSR count). The smallest absolute Gasteiger partial charge is 0.254 e. The van der Waals surface area contributed by atoms with Gasteiger partial charge in [-0.05, 0) is 57.9 Å². The van der Waals surface area contributed by atoms with Gasteiger partial charge in [0.1, 0.15) is 0 Å². The van der Waals surface area contributed by atoms with E-state index in [9.17, 15) is 4.79 Å². The van der Waals surface area contributed by atoms with Crippen LogP contribution in [0.3, 0.4) is 0 Å². The number of hydrogen-bond acceptors (Lipinski definition) is 2. The molecule has 1 saturated heterocycles. The summed E-state index contributed by atoms with van der Waals surface area (Å²) in [5, 5.41) is 3.53. The molecule has 1 unspecified atom stereocenters. The van der Waals surface area contributed by atoms with Crippen molar-refractivity contribution in [2.75, 3.05) is 13.1 Å². The quantitative estimate of drug-likeness (QED) is 0.894. The Kier molecular flexibility index (Phi) is 5.82. The lowest BCUT2D eigenvalue weighted by molar-refractivity contribution is 0.0676. The summed E-state index contributed by atoms with van der Waals surface area (Å²) in [6.45, 7) is 8.04. The van der Waals surface area contributed by atoms with Crippen LogP contribution in [-0.2, 0) is 0 Å². The highest BCUT2D eigenvalue weighted by Crippen LogP contribution is 2.22. The predicted molar refractivity (Wildman–Crippen MR) is 90.7 cm³/mol. The van der Waals surface area contributed by atoms with Crippen molar-refractivity contribution in [1.82, 2.24) is 10.2 Å². The van der Waals surface area contributed by atoms with Crippen molar-refractivity contribution in [1.29, 1.82) is 0 Å². The van der Waals surface area contributed by atoms with Crippen LogP contribution in [0.4, 0.5) is 0 Å². The Morgan fingerprint density at radius 1 is 1.43 bits per heavy atom. The van der Waals surface area contributed by atoms with Crippen molar-refractivity contribution in [3.8, 4) is 0 Å². The predicted octanol–water partition coefficient (Wildman–Crippen LogP) is 3.75. The largest absolute Gasteiger partial charge is 0.335 e. The van der Waals surface area contributed by atoms with E-state index in [4.69, 9.17) is 0 Å². The van der Waals surface area contributed by atoms with Crippen LogP contribution in [0.2, 0.25) is 0 Å². The van der Waals surface area contributed by atoms with E-state index in [0.29, 0.717) is 6.04 Å². The van der Waals surface area contributed by atoms with Crippen molar-refractivity contribution in [3.05, 3.63) is 33.8 Å². The number of nitrogens with zero attached hydrogens (tertiary/aromatic N) is 1. The summed E-state index contributed by atoms with van der Waals surface area (Å²) in [5.74, 6) is 0.135. The molecule has 1 aromatic rings. The average Bonchev–Trinajstić information content (AvgIpc) is 2.48. The lowest BCUT2D eigenvalue weighted by Gasteiger charge is -2.33. The summed E-state index contributed by atoms with van der Waals surface area (Å²) >= 11 is 3.52. The fourth-order valence-electron chi connectivity index (χ4n) is 2.84. The van der Waals surface area contributed by atoms with E-state index in [1.54, 1.807) is 0 Å². The van der Waals surface area contributed by atoms with E-state index < -0.39 is 0 Å². The van der Waals surface area contributed by atoms with Gasteiger partial charge in [0.2, 0.25) is 0 Å². The van der Waals surface area contributed by atoms with Gasteiger partial charge in [0.15, 0.2) is 0 Å². The molecule has 1 aliphatic heterocycles. The fraction of sp³-hybridized carbons (Fsp3) is 0.588. The first-order valence-electron chi connectivity index (χ1n) is 7.80. The first kappa shape index (κ1) is 16.5. The standard InChI is InChI=1S/C17H25BrN2O/c1-12(2)20(11-14-7-4-5-10-19-14)17(21)15-8-6-9-16(18)13(15)3/h6,8-9,12,14,19H,4-5,7,10-11H2,1-3H3. The van der Waals surface area contributed by atoms with Gasteiger partial charge in [0.25, 0.3) is 5.91 Å². The van der Waals surface area contributed by atoms with Gasteiger partial charge in [-0.15, -0.1) is 0 Å². The van der Waals surface area contributed by atoms with Crippen molar-refractivity contribution >= 4 is 21.8 Å². The van der Waals surface area contributed by atoms with E-state index in [2.05, 4.69) is 35.1 Å². The first-order valence-corrected chi connectivity index (χ1v) is 8.59. The van der Waals surface area contributed by atoms with Crippen molar-refractivity contribution in [2.45, 2.75) is 52.1 Å². The molecule has 0 radical (unpaired) electrons. The van der Waals surface area contributed by atoms with E-state index in [0.717, 1.165) is 35.1 Å². The second-order valence-corrected chi connectivity index (χ2v) is 6.96. The average molecular weight is 353 g/mol. The summed E-state index contributed by atoms with van der Waals surface area (Å²) in [6, 6.07) is 6.47. The molecule has 0 spiro atoms. The summed E-state index contributed by atoms with van der Waals surface area (Å²) in [5.41, 5.74) is 1.82. The zero-order valence-electron chi connectivity index (χ0n) is 13.2. The molecule has 0 aliphatic carbocycles. The number of carbonyl (C=O) groups is 1. The molecular formula is C17H25BrN2O. The fourth-order valence-corrected chi connectivity index (χ4v) is 3.21. The number of nitrogens with one attached hydrogen (secondary N) is 1. The molecule has 1 N–H and O–H groups in total. The van der Waals surface area contributed by atoms with Crippen molar-refractivity contribution < 1.29 is 4.79 Å². The van der Waals surface area contributed by atoms with E-state index in [1.807, 2.05) is 30.0 Å². The number of piperidine rings is 1. The van der Waals surface area contributed by atoms with Crippen LogP contribution in [0.5, 0.6) is 0 Å². The molecule has 1 aromatic carbocycles. The Morgan fingerprint density at radius 2 is 2.19 bits per heavy atom. The summed E-state index contributed by atoms with van der Waals surface area (Å²) in [7, 11) is 0. The Bertz CT molecular complexity index is 496. The monoisotopic (exact) mass is 352 g/mol. The minimum Gasteiger partial charge on any atom is -0.335 e. The lowest BCUT2D eigenvalue weighted by atomic mass is 10.0. The molecular weight excluding hydrogens is 328 g/mol. The van der Waals surface area contributed by atoms with Crippen LogP contribution in [0.25, 0.3) is 0 Å². The van der Waals surface area contributed by atoms with Gasteiger partial charge in [-0.2, -0.15) is 0 Å². The van der Waals surface area contributed by atoms with Crippen LogP contribution in [-0.4, -0.2) is 36.0 Å². The number of hydrogen-bond donors (Lipinski definition) is 1. The maximum Gasteiger partial charge on any atom is 0.254 e. The number of halogens is 1. The molecule has 1 atom stereocenters. The van der Waals surface area contributed by atoms with Crippen LogP contribution in [0.1, 0.15) is 49.0 Å². The van der Waals surface area contributed by atoms with Gasteiger partial charge in [-0.3, -0.25) is 4.79 Å². The Morgan fingerprint density at radius 3 is 2.81 bits per heavy atom. The minimum absolute atomic E-state index is 0.135. The third kappa shape index (κ3) is 4.07. The SMILES string of the molecule is Cc1c(Br)cccc1C(=O)N(CC1CCCCN1)C(C)C. The van der Waals surface area contributed by atoms with Gasteiger partial charge in [0.05, 0.1) is 0 Å². The molecule has 0 bridgehead atoms. The maximum atomic E-state index is 12.9. The second kappa shape index (κ2) is 7.41. The van der Waals surface area contributed by atoms with Gasteiger partial charge < -0.3 is 10.2 Å². The Balaban J connectivity index is 2.17. The first-order chi connectivity index (χ1) is 10.0. The number of rotatable bonds is 4. The zero-order valence-corrected chi connectivity index (χ0v) is 14.7. The van der Waals surface area contributed by atoms with E-state index in [1.165, 1.54) is 12.8 Å². The summed E-state index contributed by atoms with van der Waals surface area (Å²) in [6.07, 6.45) is 3.67. The van der Waals surface area contributed by atoms with Gasteiger partial charge in [0, 0.05) is 28.7 Å². The number of amides is 1. The zero-order chi connectivity index (χ0) is 15.4. The van der Waals surface area contributed by atoms with Gasteiger partial charge in [-0.1, -0.05) is 28.4 Å². The molecule has 4 heteroatoms. The second-order valence-electron chi connectivity index (χ2n) is 6.11. The molecule has 1 heterocycles. The summed E-state index contributed by atoms with van der Waals surface area (Å²) < 4.78 is 0.993. The van der Waals surface area contributed by atoms with Crippen LogP contribution >= 0.6 is 15.9 Å². The molecule has 21 heavy (non-hydrogen) atoms. The Hall–Kier alpha value is -0.870. The van der Waals surface area contributed by atoms with Crippen LogP contribution in [0.15, 0.2) is 22.7 Å². The highest BCUT2D eigenvalue weighted by atomic mass is 79.9. The van der Waals surface area contributed by atoms with Gasteiger partial charge >= 0.3 is 0 Å². The third-order valence-corrected chi connectivity index (χ3v) is 5.07. The molecule has 0 saturated carbocycles. The number of carbonyl (C=O) groups excluding carboxylic acids is 1. The third-order valence-electron chi connectivity index (χ3n) is 4.21. The maximum absolute atomic E-state index is 12.9. The van der Waals surface area contributed by atoms with E-state index >= 15 is 0 Å². The number of benzene rings is 1. The topological polar surface area (TPSA) is 32.3 Å². The van der Waals surface area contributed by atoms with Crippen molar-refractivity contribution in [2.24, 2.45) is 0 Å². The molecule has 1 amide bonds. The molecule has 1 aliphatic rings. The highest BCUT2D eigenvalue weighted by Gasteiger charge is 2.24. The molecule has 3 nitrogen and oxygen atoms in total. The van der Waals surface area contributed by atoms with Gasteiger partial charge in [-0.25, -0.2) is 0 Å².